The minimum absolute atomic E-state index is 0.0145. The summed E-state index contributed by atoms with van der Waals surface area (Å²) >= 11 is 0. The van der Waals surface area contributed by atoms with Crippen LogP contribution in [0.4, 0.5) is 20.3 Å². The Balaban J connectivity index is 1.77. The van der Waals surface area contributed by atoms with Crippen molar-refractivity contribution in [1.29, 1.82) is 0 Å². The van der Waals surface area contributed by atoms with Crippen molar-refractivity contribution in [3.05, 3.63) is 42.4 Å². The quantitative estimate of drug-likeness (QED) is 0.910. The first-order valence-electron chi connectivity index (χ1n) is 7.46. The van der Waals surface area contributed by atoms with Crippen molar-refractivity contribution >= 4 is 17.4 Å². The lowest BCUT2D eigenvalue weighted by Gasteiger charge is -2.20. The van der Waals surface area contributed by atoms with Crippen LogP contribution in [0.3, 0.4) is 0 Å². The van der Waals surface area contributed by atoms with Crippen molar-refractivity contribution in [2.45, 2.75) is 26.0 Å². The van der Waals surface area contributed by atoms with Crippen LogP contribution in [0.5, 0.6) is 5.75 Å². The molecule has 2 aromatic rings. The third kappa shape index (κ3) is 3.42. The van der Waals surface area contributed by atoms with Gasteiger partial charge in [-0.3, -0.25) is 4.79 Å². The number of halogens is 2. The summed E-state index contributed by atoms with van der Waals surface area (Å²) in [4.78, 5) is 22.3. The predicted octanol–water partition coefficient (Wildman–Crippen LogP) is 2.60. The fourth-order valence-corrected chi connectivity index (χ4v) is 2.64. The van der Waals surface area contributed by atoms with E-state index < -0.39 is 12.7 Å². The Morgan fingerprint density at radius 2 is 2.12 bits per heavy atom. The number of anilines is 2. The van der Waals surface area contributed by atoms with Gasteiger partial charge in [0.2, 0.25) is 5.91 Å². The molecule has 0 unspecified atom stereocenters. The third-order valence-corrected chi connectivity index (χ3v) is 3.68. The lowest BCUT2D eigenvalue weighted by Crippen LogP contribution is -2.34. The molecule has 1 aliphatic heterocycles. The average molecular weight is 334 g/mol. The number of benzene rings is 1. The molecule has 0 bridgehead atoms. The molecule has 1 N–H and O–H groups in total. The second-order valence-electron chi connectivity index (χ2n) is 5.31. The second kappa shape index (κ2) is 6.77. The van der Waals surface area contributed by atoms with Crippen LogP contribution in [-0.4, -0.2) is 35.1 Å². The first-order valence-corrected chi connectivity index (χ1v) is 7.46. The van der Waals surface area contributed by atoms with Crippen molar-refractivity contribution in [3.8, 4) is 5.75 Å². The summed E-state index contributed by atoms with van der Waals surface area (Å²) in [6, 6.07) is 7.47. The number of aromatic nitrogens is 2. The normalized spacial score (nSPS) is 17.4. The topological polar surface area (TPSA) is 67.3 Å². The Morgan fingerprint density at radius 3 is 2.88 bits per heavy atom. The third-order valence-electron chi connectivity index (χ3n) is 3.68. The van der Waals surface area contributed by atoms with Crippen molar-refractivity contribution in [2.24, 2.45) is 0 Å². The average Bonchev–Trinajstić information content (AvgIpc) is 2.88. The number of aryl methyl sites for hydroxylation is 1. The van der Waals surface area contributed by atoms with Gasteiger partial charge in [0, 0.05) is 12.7 Å². The van der Waals surface area contributed by atoms with E-state index >= 15 is 0 Å². The summed E-state index contributed by atoms with van der Waals surface area (Å²) in [5.41, 5.74) is 0.339. The highest BCUT2D eigenvalue weighted by atomic mass is 19.3. The fraction of sp³-hybridized carbons (Fsp3) is 0.312. The van der Waals surface area contributed by atoms with Crippen molar-refractivity contribution in [3.63, 3.8) is 0 Å². The highest BCUT2D eigenvalue weighted by Crippen LogP contribution is 2.32. The number of alkyl halides is 2. The van der Waals surface area contributed by atoms with Crippen LogP contribution in [0.15, 0.2) is 36.5 Å². The van der Waals surface area contributed by atoms with E-state index in [0.29, 0.717) is 30.3 Å². The lowest BCUT2D eigenvalue weighted by atomic mass is 10.2. The van der Waals surface area contributed by atoms with Gasteiger partial charge in [-0.2, -0.15) is 8.78 Å². The number of carbonyl (C=O) groups is 1. The van der Waals surface area contributed by atoms with Crippen LogP contribution < -0.4 is 15.0 Å². The largest absolute Gasteiger partial charge is 0.433 e. The van der Waals surface area contributed by atoms with Crippen molar-refractivity contribution < 1.29 is 18.3 Å². The molecule has 1 amide bonds. The smallest absolute Gasteiger partial charge is 0.387 e. The predicted molar refractivity (Wildman–Crippen MR) is 84.2 cm³/mol. The van der Waals surface area contributed by atoms with Crippen LogP contribution in [-0.2, 0) is 4.79 Å². The molecule has 1 aromatic carbocycles. The second-order valence-corrected chi connectivity index (χ2v) is 5.31. The summed E-state index contributed by atoms with van der Waals surface area (Å²) in [5, 5.41) is 3.06. The Bertz CT molecular complexity index is 742. The molecule has 126 valence electrons. The first-order chi connectivity index (χ1) is 11.5. The number of rotatable bonds is 5. The molecule has 2 heterocycles. The van der Waals surface area contributed by atoms with Gasteiger partial charge in [-0.1, -0.05) is 12.1 Å². The van der Waals surface area contributed by atoms with E-state index in [4.69, 9.17) is 0 Å². The Morgan fingerprint density at radius 1 is 1.33 bits per heavy atom. The molecule has 1 fully saturated rings. The van der Waals surface area contributed by atoms with Gasteiger partial charge < -0.3 is 15.0 Å². The Kier molecular flexibility index (Phi) is 4.54. The van der Waals surface area contributed by atoms with Crippen LogP contribution in [0.25, 0.3) is 0 Å². The molecular weight excluding hydrogens is 318 g/mol. The van der Waals surface area contributed by atoms with E-state index in [1.165, 1.54) is 11.0 Å². The van der Waals surface area contributed by atoms with E-state index in [-0.39, 0.29) is 11.7 Å². The van der Waals surface area contributed by atoms with Gasteiger partial charge in [-0.15, -0.1) is 0 Å². The number of amides is 1. The van der Waals surface area contributed by atoms with Crippen LogP contribution >= 0.6 is 0 Å². The van der Waals surface area contributed by atoms with E-state index in [2.05, 4.69) is 20.0 Å². The highest BCUT2D eigenvalue weighted by Gasteiger charge is 2.34. The van der Waals surface area contributed by atoms with Crippen LogP contribution in [0.1, 0.15) is 12.2 Å². The molecule has 0 spiro atoms. The number of ether oxygens (including phenoxy) is 1. The van der Waals surface area contributed by atoms with Gasteiger partial charge in [-0.25, -0.2) is 9.97 Å². The maximum absolute atomic E-state index is 12.6. The maximum atomic E-state index is 12.6. The summed E-state index contributed by atoms with van der Waals surface area (Å²) in [5.74, 6) is 0.925. The zero-order valence-electron chi connectivity index (χ0n) is 12.9. The molecule has 0 radical (unpaired) electrons. The molecule has 8 heteroatoms. The van der Waals surface area contributed by atoms with Gasteiger partial charge in [0.15, 0.2) is 0 Å². The SMILES string of the molecule is Cc1nccc(N[C@@H]2CCN(c3ccccc3OC(F)F)C2=O)n1. The molecule has 6 nitrogen and oxygen atoms in total. The van der Waals surface area contributed by atoms with E-state index in [1.54, 1.807) is 37.4 Å². The zero-order chi connectivity index (χ0) is 17.1. The minimum Gasteiger partial charge on any atom is -0.433 e. The molecule has 1 saturated heterocycles. The minimum atomic E-state index is -2.94. The number of nitrogens with zero attached hydrogens (tertiary/aromatic N) is 3. The Hall–Kier alpha value is -2.77. The Labute approximate surface area is 137 Å². The molecule has 0 aliphatic carbocycles. The molecule has 0 saturated carbocycles. The lowest BCUT2D eigenvalue weighted by molar-refractivity contribution is -0.117. The van der Waals surface area contributed by atoms with Crippen LogP contribution in [0.2, 0.25) is 0 Å². The number of hydrogen-bond acceptors (Lipinski definition) is 5. The van der Waals surface area contributed by atoms with E-state index in [0.717, 1.165) is 0 Å². The summed E-state index contributed by atoms with van der Waals surface area (Å²) in [7, 11) is 0. The van der Waals surface area contributed by atoms with Gasteiger partial charge in [0.05, 0.1) is 5.69 Å². The number of hydrogen-bond donors (Lipinski definition) is 1. The van der Waals surface area contributed by atoms with Gasteiger partial charge in [0.1, 0.15) is 23.4 Å². The molecular formula is C16H16F2N4O2. The summed E-state index contributed by atoms with van der Waals surface area (Å²) < 4.78 is 29.6. The van der Waals surface area contributed by atoms with E-state index in [9.17, 15) is 13.6 Å². The summed E-state index contributed by atoms with van der Waals surface area (Å²) in [6.07, 6.45) is 2.14. The van der Waals surface area contributed by atoms with Gasteiger partial charge in [0.25, 0.3) is 0 Å². The molecule has 1 aliphatic rings. The van der Waals surface area contributed by atoms with Gasteiger partial charge >= 0.3 is 6.61 Å². The molecule has 3 rings (SSSR count). The van der Waals surface area contributed by atoms with Crippen molar-refractivity contribution in [1.82, 2.24) is 9.97 Å². The van der Waals surface area contributed by atoms with Crippen molar-refractivity contribution in [2.75, 3.05) is 16.8 Å². The molecule has 1 aromatic heterocycles. The molecule has 1 atom stereocenters. The number of para-hydroxylation sites is 2. The fourth-order valence-electron chi connectivity index (χ4n) is 2.64. The highest BCUT2D eigenvalue weighted by molar-refractivity contribution is 6.01. The van der Waals surface area contributed by atoms with Crippen LogP contribution in [0, 0.1) is 6.92 Å². The standard InChI is InChI=1S/C16H16F2N4O2/c1-10-19-8-6-14(20-10)21-11-7-9-22(15(11)23)12-4-2-3-5-13(12)24-16(17)18/h2-6,8,11,16H,7,9H2,1H3,(H,19,20,21)/t11-/m1/s1. The van der Waals surface area contributed by atoms with E-state index in [1.807, 2.05) is 0 Å². The number of nitrogens with one attached hydrogen (secondary N) is 1. The number of carbonyl (C=O) groups excluding carboxylic acids is 1. The zero-order valence-corrected chi connectivity index (χ0v) is 12.9. The first kappa shape index (κ1) is 16.1. The summed E-state index contributed by atoms with van der Waals surface area (Å²) in [6.45, 7) is -0.780. The van der Waals surface area contributed by atoms with Gasteiger partial charge in [-0.05, 0) is 31.5 Å². The monoisotopic (exact) mass is 334 g/mol. The molecule has 24 heavy (non-hydrogen) atoms. The maximum Gasteiger partial charge on any atom is 0.387 e.